The molecule has 1 atom stereocenters. The van der Waals surface area contributed by atoms with Crippen molar-refractivity contribution >= 4 is 29.3 Å². The van der Waals surface area contributed by atoms with E-state index in [2.05, 4.69) is 15.3 Å². The second-order valence-electron chi connectivity index (χ2n) is 6.30. The molecule has 132 valence electrons. The molecule has 1 fully saturated rings. The predicted octanol–water partition coefficient (Wildman–Crippen LogP) is 1.75. The van der Waals surface area contributed by atoms with E-state index in [1.54, 1.807) is 20.8 Å². The maximum absolute atomic E-state index is 12.3. The number of halogens is 1. The lowest BCUT2D eigenvalue weighted by Crippen LogP contribution is -2.50. The number of nitrogens with zero attached hydrogens (tertiary/aromatic N) is 3. The van der Waals surface area contributed by atoms with Crippen LogP contribution in [0.5, 0.6) is 0 Å². The molecular weight excluding hydrogens is 336 g/mol. The van der Waals surface area contributed by atoms with Crippen molar-refractivity contribution in [3.63, 3.8) is 0 Å². The highest BCUT2D eigenvalue weighted by molar-refractivity contribution is 6.31. The number of Topliss-reactive ketones (excluding diaryl/α,β-unsaturated/α-hetero) is 1. The van der Waals surface area contributed by atoms with E-state index in [-0.39, 0.29) is 30.6 Å². The third-order valence-electron chi connectivity index (χ3n) is 3.16. The zero-order valence-electron chi connectivity index (χ0n) is 13.9. The number of carbonyl (C=O) groups is 2. The van der Waals surface area contributed by atoms with Crippen molar-refractivity contribution in [1.29, 1.82) is 0 Å². The largest absolute Gasteiger partial charge is 0.444 e. The van der Waals surface area contributed by atoms with Crippen LogP contribution in [0.2, 0.25) is 5.15 Å². The van der Waals surface area contributed by atoms with E-state index in [0.717, 1.165) is 0 Å². The number of hydrogen-bond acceptors (Lipinski definition) is 7. The van der Waals surface area contributed by atoms with E-state index in [1.807, 2.05) is 0 Å². The highest BCUT2D eigenvalue weighted by atomic mass is 35.5. The molecule has 1 N–H and O–H groups in total. The van der Waals surface area contributed by atoms with E-state index in [1.165, 1.54) is 17.3 Å². The Labute approximate surface area is 145 Å². The molecule has 0 aliphatic carbocycles. The van der Waals surface area contributed by atoms with Gasteiger partial charge in [-0.15, -0.1) is 0 Å². The minimum Gasteiger partial charge on any atom is -0.444 e. The topological polar surface area (TPSA) is 93.6 Å². The second-order valence-corrected chi connectivity index (χ2v) is 6.66. The SMILES string of the molecule is CC(C)(C)OC(=O)N1CCO[C@@H](C(=O)CNc2nccnc2Cl)C1. The summed E-state index contributed by atoms with van der Waals surface area (Å²) in [5.74, 6) is 0.123. The summed E-state index contributed by atoms with van der Waals surface area (Å²) in [5, 5.41) is 3.01. The van der Waals surface area contributed by atoms with Gasteiger partial charge in [-0.05, 0) is 20.8 Å². The number of aromatic nitrogens is 2. The predicted molar refractivity (Wildman–Crippen MR) is 88.1 cm³/mol. The zero-order valence-corrected chi connectivity index (χ0v) is 14.7. The van der Waals surface area contributed by atoms with Gasteiger partial charge in [0.15, 0.2) is 16.8 Å². The van der Waals surface area contributed by atoms with Gasteiger partial charge >= 0.3 is 6.09 Å². The highest BCUT2D eigenvalue weighted by Gasteiger charge is 2.31. The van der Waals surface area contributed by atoms with Crippen LogP contribution < -0.4 is 5.32 Å². The van der Waals surface area contributed by atoms with Crippen LogP contribution in [-0.4, -0.2) is 64.7 Å². The van der Waals surface area contributed by atoms with Crippen LogP contribution in [-0.2, 0) is 14.3 Å². The van der Waals surface area contributed by atoms with Crippen LogP contribution in [0, 0.1) is 0 Å². The number of ether oxygens (including phenoxy) is 2. The average molecular weight is 357 g/mol. The lowest BCUT2D eigenvalue weighted by Gasteiger charge is -2.33. The number of anilines is 1. The Morgan fingerprint density at radius 3 is 2.79 bits per heavy atom. The molecule has 0 spiro atoms. The molecule has 2 heterocycles. The van der Waals surface area contributed by atoms with Gasteiger partial charge in [0.1, 0.15) is 11.7 Å². The van der Waals surface area contributed by atoms with Gasteiger partial charge < -0.3 is 19.7 Å². The quantitative estimate of drug-likeness (QED) is 0.878. The fraction of sp³-hybridized carbons (Fsp3) is 0.600. The Morgan fingerprint density at radius 1 is 1.42 bits per heavy atom. The van der Waals surface area contributed by atoms with Crippen LogP contribution in [0.1, 0.15) is 20.8 Å². The first-order chi connectivity index (χ1) is 11.3. The zero-order chi connectivity index (χ0) is 17.7. The van der Waals surface area contributed by atoms with Crippen molar-refractivity contribution in [3.05, 3.63) is 17.5 Å². The fourth-order valence-corrected chi connectivity index (χ4v) is 2.23. The van der Waals surface area contributed by atoms with Crippen molar-refractivity contribution in [2.24, 2.45) is 0 Å². The Balaban J connectivity index is 1.88. The number of hydrogen-bond donors (Lipinski definition) is 1. The Kier molecular flexibility index (Phi) is 5.95. The van der Waals surface area contributed by atoms with Crippen molar-refractivity contribution < 1.29 is 19.1 Å². The third kappa shape index (κ3) is 5.31. The molecule has 9 heteroatoms. The van der Waals surface area contributed by atoms with Crippen molar-refractivity contribution in [3.8, 4) is 0 Å². The summed E-state index contributed by atoms with van der Waals surface area (Å²) in [5.41, 5.74) is -0.584. The number of nitrogens with one attached hydrogen (secondary N) is 1. The van der Waals surface area contributed by atoms with Gasteiger partial charge in [0.25, 0.3) is 0 Å². The second kappa shape index (κ2) is 7.76. The normalized spacial score (nSPS) is 18.2. The first-order valence-corrected chi connectivity index (χ1v) is 7.96. The first kappa shape index (κ1) is 18.4. The molecule has 1 aliphatic heterocycles. The molecule has 0 bridgehead atoms. The van der Waals surface area contributed by atoms with Gasteiger partial charge in [0.2, 0.25) is 0 Å². The number of carbonyl (C=O) groups excluding carboxylic acids is 2. The summed E-state index contributed by atoms with van der Waals surface area (Å²) in [6.45, 7) is 6.19. The molecule has 1 aromatic heterocycles. The van der Waals surface area contributed by atoms with Gasteiger partial charge in [-0.25, -0.2) is 14.8 Å². The van der Waals surface area contributed by atoms with E-state index < -0.39 is 17.8 Å². The van der Waals surface area contributed by atoms with Crippen molar-refractivity contribution in [2.75, 3.05) is 31.6 Å². The Bertz CT molecular complexity index is 605. The maximum Gasteiger partial charge on any atom is 0.410 e. The first-order valence-electron chi connectivity index (χ1n) is 7.59. The lowest BCUT2D eigenvalue weighted by atomic mass is 10.2. The molecule has 1 aromatic rings. The standard InChI is InChI=1S/C15H21ClN4O4/c1-15(2,3)24-14(22)20-6-7-23-11(9-20)10(21)8-19-13-12(16)17-4-5-18-13/h4-5,11H,6-9H2,1-3H3,(H,18,19)/t11-/m1/s1. The summed E-state index contributed by atoms with van der Waals surface area (Å²) < 4.78 is 10.8. The molecule has 1 amide bonds. The minimum atomic E-state index is -0.714. The van der Waals surface area contributed by atoms with Crippen LogP contribution in [0.3, 0.4) is 0 Å². The highest BCUT2D eigenvalue weighted by Crippen LogP contribution is 2.15. The molecular formula is C15H21ClN4O4. The molecule has 0 unspecified atom stereocenters. The molecule has 8 nitrogen and oxygen atoms in total. The van der Waals surface area contributed by atoms with E-state index in [0.29, 0.717) is 12.4 Å². The summed E-state index contributed by atoms with van der Waals surface area (Å²) in [6.07, 6.45) is 1.76. The summed E-state index contributed by atoms with van der Waals surface area (Å²) in [7, 11) is 0. The van der Waals surface area contributed by atoms with Gasteiger partial charge in [-0.2, -0.15) is 0 Å². The third-order valence-corrected chi connectivity index (χ3v) is 3.44. The molecule has 24 heavy (non-hydrogen) atoms. The molecule has 2 rings (SSSR count). The lowest BCUT2D eigenvalue weighted by molar-refractivity contribution is -0.133. The molecule has 1 aliphatic rings. The Hall–Kier alpha value is -1.93. The molecule has 1 saturated heterocycles. The van der Waals surface area contributed by atoms with Gasteiger partial charge in [0, 0.05) is 18.9 Å². The average Bonchev–Trinajstić information content (AvgIpc) is 2.52. The van der Waals surface area contributed by atoms with Crippen LogP contribution in [0.4, 0.5) is 10.6 Å². The molecule has 0 radical (unpaired) electrons. The summed E-state index contributed by atoms with van der Waals surface area (Å²) >= 11 is 5.87. The van der Waals surface area contributed by atoms with Crippen LogP contribution in [0.15, 0.2) is 12.4 Å². The van der Waals surface area contributed by atoms with Crippen LogP contribution >= 0.6 is 11.6 Å². The van der Waals surface area contributed by atoms with Crippen LogP contribution in [0.25, 0.3) is 0 Å². The van der Waals surface area contributed by atoms with Crippen molar-refractivity contribution in [2.45, 2.75) is 32.5 Å². The smallest absolute Gasteiger partial charge is 0.410 e. The summed E-state index contributed by atoms with van der Waals surface area (Å²) in [4.78, 5) is 33.7. The summed E-state index contributed by atoms with van der Waals surface area (Å²) in [6, 6.07) is 0. The van der Waals surface area contributed by atoms with Gasteiger partial charge in [0.05, 0.1) is 19.7 Å². The van der Waals surface area contributed by atoms with E-state index >= 15 is 0 Å². The number of morpholine rings is 1. The number of ketones is 1. The number of rotatable bonds is 4. The Morgan fingerprint density at radius 2 is 2.12 bits per heavy atom. The number of amides is 1. The van der Waals surface area contributed by atoms with Crippen molar-refractivity contribution in [1.82, 2.24) is 14.9 Å². The molecule has 0 aromatic carbocycles. The maximum atomic E-state index is 12.3. The van der Waals surface area contributed by atoms with Gasteiger partial charge in [-0.1, -0.05) is 11.6 Å². The minimum absolute atomic E-state index is 0.0226. The monoisotopic (exact) mass is 356 g/mol. The molecule has 0 saturated carbocycles. The van der Waals surface area contributed by atoms with E-state index in [9.17, 15) is 9.59 Å². The van der Waals surface area contributed by atoms with Gasteiger partial charge in [-0.3, -0.25) is 4.79 Å². The fourth-order valence-electron chi connectivity index (χ4n) is 2.06. The van der Waals surface area contributed by atoms with E-state index in [4.69, 9.17) is 21.1 Å².